The number of allylic oxidation sites excluding steroid dienone is 1. The first-order valence-electron chi connectivity index (χ1n) is 6.35. The number of amides is 1. The Morgan fingerprint density at radius 1 is 1.53 bits per heavy atom. The molecule has 4 nitrogen and oxygen atoms in total. The van der Waals surface area contributed by atoms with Gasteiger partial charge in [0.2, 0.25) is 5.91 Å². The monoisotopic (exact) mass is 261 g/mol. The van der Waals surface area contributed by atoms with Gasteiger partial charge in [-0.05, 0) is 32.0 Å². The molecule has 0 aromatic heterocycles. The molecule has 1 N–H and O–H groups in total. The van der Waals surface area contributed by atoms with Gasteiger partial charge in [0, 0.05) is 18.1 Å². The number of carbonyl (C=O) groups is 1. The summed E-state index contributed by atoms with van der Waals surface area (Å²) in [6.07, 6.45) is 2.38. The van der Waals surface area contributed by atoms with Crippen molar-refractivity contribution in [1.82, 2.24) is 5.32 Å². The summed E-state index contributed by atoms with van der Waals surface area (Å²) in [4.78, 5) is 11.5. The fourth-order valence-electron chi connectivity index (χ4n) is 2.07. The molecular weight excluding hydrogens is 242 g/mol. The Balaban J connectivity index is 1.90. The van der Waals surface area contributed by atoms with Crippen molar-refractivity contribution in [2.24, 2.45) is 0 Å². The van der Waals surface area contributed by atoms with Crippen LogP contribution in [-0.2, 0) is 11.2 Å². The van der Waals surface area contributed by atoms with E-state index >= 15 is 0 Å². The van der Waals surface area contributed by atoms with E-state index in [1.165, 1.54) is 0 Å². The molecule has 0 saturated carbocycles. The van der Waals surface area contributed by atoms with E-state index in [0.29, 0.717) is 6.54 Å². The third kappa shape index (κ3) is 3.50. The van der Waals surface area contributed by atoms with Crippen LogP contribution in [0, 0.1) is 0 Å². The lowest BCUT2D eigenvalue weighted by atomic mass is 10.1. The molecule has 0 spiro atoms. The minimum Gasteiger partial charge on any atom is -0.497 e. The number of ether oxygens (including phenoxy) is 2. The molecule has 0 bridgehead atoms. The fraction of sp³-hybridized carbons (Fsp3) is 0.400. The molecule has 1 aromatic rings. The molecular formula is C15H19NO3. The summed E-state index contributed by atoms with van der Waals surface area (Å²) in [5, 5.41) is 2.85. The maximum absolute atomic E-state index is 11.5. The number of nitrogens with one attached hydrogen (secondary N) is 1. The van der Waals surface area contributed by atoms with Gasteiger partial charge in [0.05, 0.1) is 13.7 Å². The molecule has 1 aliphatic heterocycles. The second-order valence-corrected chi connectivity index (χ2v) is 4.88. The molecule has 1 amide bonds. The number of hydrogen-bond donors (Lipinski definition) is 1. The maximum atomic E-state index is 11.5. The third-order valence-corrected chi connectivity index (χ3v) is 2.93. The summed E-state index contributed by atoms with van der Waals surface area (Å²) in [6, 6.07) is 5.77. The van der Waals surface area contributed by atoms with Crippen LogP contribution in [0.5, 0.6) is 11.5 Å². The summed E-state index contributed by atoms with van der Waals surface area (Å²) in [5.74, 6) is 1.64. The average Bonchev–Trinajstić information content (AvgIpc) is 2.77. The van der Waals surface area contributed by atoms with Crippen LogP contribution in [0.25, 0.3) is 0 Å². The van der Waals surface area contributed by atoms with Gasteiger partial charge in [-0.2, -0.15) is 0 Å². The van der Waals surface area contributed by atoms with Crippen molar-refractivity contribution in [3.63, 3.8) is 0 Å². The molecule has 2 rings (SSSR count). The van der Waals surface area contributed by atoms with Crippen LogP contribution in [0.2, 0.25) is 0 Å². The van der Waals surface area contributed by atoms with Crippen molar-refractivity contribution in [2.75, 3.05) is 13.7 Å². The van der Waals surface area contributed by atoms with E-state index in [1.54, 1.807) is 13.2 Å². The molecule has 0 radical (unpaired) electrons. The van der Waals surface area contributed by atoms with Crippen molar-refractivity contribution in [3.05, 3.63) is 35.4 Å². The summed E-state index contributed by atoms with van der Waals surface area (Å²) in [7, 11) is 1.65. The quantitative estimate of drug-likeness (QED) is 0.844. The molecule has 1 atom stereocenters. The minimum atomic E-state index is -0.0721. The largest absolute Gasteiger partial charge is 0.497 e. The fourth-order valence-corrected chi connectivity index (χ4v) is 2.07. The van der Waals surface area contributed by atoms with Gasteiger partial charge in [-0.15, -0.1) is 0 Å². The van der Waals surface area contributed by atoms with Gasteiger partial charge in [-0.25, -0.2) is 0 Å². The first-order chi connectivity index (χ1) is 9.08. The van der Waals surface area contributed by atoms with Crippen molar-refractivity contribution >= 4 is 5.91 Å². The van der Waals surface area contributed by atoms with Crippen LogP contribution in [0.3, 0.4) is 0 Å². The molecule has 1 unspecified atom stereocenters. The van der Waals surface area contributed by atoms with Crippen LogP contribution in [-0.4, -0.2) is 25.7 Å². The zero-order chi connectivity index (χ0) is 13.8. The van der Waals surface area contributed by atoms with E-state index in [2.05, 4.69) is 5.32 Å². The summed E-state index contributed by atoms with van der Waals surface area (Å²) in [5.41, 5.74) is 2.11. The van der Waals surface area contributed by atoms with Gasteiger partial charge in [0.25, 0.3) is 0 Å². The highest BCUT2D eigenvalue weighted by Gasteiger charge is 2.23. The summed E-state index contributed by atoms with van der Waals surface area (Å²) in [6.45, 7) is 4.31. The van der Waals surface area contributed by atoms with E-state index in [4.69, 9.17) is 9.47 Å². The number of methoxy groups -OCH3 is 1. The number of fused-ring (bicyclic) bond motifs is 1. The Labute approximate surface area is 113 Å². The molecule has 1 aromatic carbocycles. The van der Waals surface area contributed by atoms with Crippen LogP contribution < -0.4 is 14.8 Å². The zero-order valence-electron chi connectivity index (χ0n) is 11.5. The van der Waals surface area contributed by atoms with Crippen LogP contribution in [0.4, 0.5) is 0 Å². The normalized spacial score (nSPS) is 16.3. The van der Waals surface area contributed by atoms with Gasteiger partial charge < -0.3 is 14.8 Å². The highest BCUT2D eigenvalue weighted by molar-refractivity contribution is 5.88. The molecule has 1 heterocycles. The maximum Gasteiger partial charge on any atom is 0.244 e. The van der Waals surface area contributed by atoms with Crippen LogP contribution in [0.15, 0.2) is 29.8 Å². The predicted molar refractivity (Wildman–Crippen MR) is 73.6 cm³/mol. The second kappa shape index (κ2) is 5.78. The first-order valence-corrected chi connectivity index (χ1v) is 6.35. The molecule has 102 valence electrons. The van der Waals surface area contributed by atoms with Gasteiger partial charge >= 0.3 is 0 Å². The third-order valence-electron chi connectivity index (χ3n) is 2.93. The molecule has 0 saturated heterocycles. The molecule has 4 heteroatoms. The first kappa shape index (κ1) is 13.5. The van der Waals surface area contributed by atoms with Crippen molar-refractivity contribution in [3.8, 4) is 11.5 Å². The van der Waals surface area contributed by atoms with Crippen molar-refractivity contribution < 1.29 is 14.3 Å². The predicted octanol–water partition coefficient (Wildman–Crippen LogP) is 2.08. The van der Waals surface area contributed by atoms with E-state index in [9.17, 15) is 4.79 Å². The van der Waals surface area contributed by atoms with Gasteiger partial charge in [0.1, 0.15) is 17.6 Å². The van der Waals surface area contributed by atoms with E-state index < -0.39 is 0 Å². The highest BCUT2D eigenvalue weighted by Crippen LogP contribution is 2.31. The number of carbonyl (C=O) groups excluding carboxylic acids is 1. The Morgan fingerprint density at radius 2 is 2.32 bits per heavy atom. The second-order valence-electron chi connectivity index (χ2n) is 4.88. The number of rotatable bonds is 4. The van der Waals surface area contributed by atoms with Gasteiger partial charge in [0.15, 0.2) is 0 Å². The topological polar surface area (TPSA) is 47.6 Å². The lowest BCUT2D eigenvalue weighted by Gasteiger charge is -2.10. The van der Waals surface area contributed by atoms with Crippen molar-refractivity contribution in [2.45, 2.75) is 26.4 Å². The Kier molecular flexibility index (Phi) is 4.10. The number of hydrogen-bond acceptors (Lipinski definition) is 3. The Hall–Kier alpha value is -1.97. The van der Waals surface area contributed by atoms with Crippen LogP contribution >= 0.6 is 0 Å². The molecule has 0 aliphatic carbocycles. The molecule has 1 aliphatic rings. The molecule has 0 fully saturated rings. The highest BCUT2D eigenvalue weighted by atomic mass is 16.5. The lowest BCUT2D eigenvalue weighted by molar-refractivity contribution is -0.116. The standard InChI is InChI=1S/C15H19NO3/c1-10(2)6-15(17)16-9-13-8-11-7-12(18-3)4-5-14(11)19-13/h4-7,13H,8-9H2,1-3H3,(H,16,17). The zero-order valence-corrected chi connectivity index (χ0v) is 11.5. The smallest absolute Gasteiger partial charge is 0.244 e. The Morgan fingerprint density at radius 3 is 3.00 bits per heavy atom. The lowest BCUT2D eigenvalue weighted by Crippen LogP contribution is -2.33. The number of benzene rings is 1. The van der Waals surface area contributed by atoms with E-state index in [1.807, 2.05) is 32.0 Å². The summed E-state index contributed by atoms with van der Waals surface area (Å²) >= 11 is 0. The van der Waals surface area contributed by atoms with Crippen LogP contribution in [0.1, 0.15) is 19.4 Å². The Bertz CT molecular complexity index is 504. The van der Waals surface area contributed by atoms with Gasteiger partial charge in [-0.1, -0.05) is 5.57 Å². The van der Waals surface area contributed by atoms with Crippen molar-refractivity contribution in [1.29, 1.82) is 0 Å². The summed E-state index contributed by atoms with van der Waals surface area (Å²) < 4.78 is 11.0. The van der Waals surface area contributed by atoms with Gasteiger partial charge in [-0.3, -0.25) is 4.79 Å². The molecule has 19 heavy (non-hydrogen) atoms. The SMILES string of the molecule is COc1ccc2c(c1)CC(CNC(=O)C=C(C)C)O2. The minimum absolute atomic E-state index is 0.00313. The van der Waals surface area contributed by atoms with E-state index in [-0.39, 0.29) is 12.0 Å². The van der Waals surface area contributed by atoms with E-state index in [0.717, 1.165) is 29.1 Å². The average molecular weight is 261 g/mol.